The van der Waals surface area contributed by atoms with E-state index in [0.717, 1.165) is 34.8 Å². The predicted molar refractivity (Wildman–Crippen MR) is 87.9 cm³/mol. The molecule has 2 atom stereocenters. The van der Waals surface area contributed by atoms with E-state index in [1.807, 2.05) is 23.7 Å². The molecule has 0 aliphatic heterocycles. The van der Waals surface area contributed by atoms with Crippen LogP contribution in [0.5, 0.6) is 0 Å². The molecule has 0 aliphatic rings. The number of rotatable bonds is 7. The Balaban J connectivity index is 2.21. The first-order valence-electron chi connectivity index (χ1n) is 7.24. The van der Waals surface area contributed by atoms with E-state index in [9.17, 15) is 0 Å². The normalized spacial score (nSPS) is 14.5. The van der Waals surface area contributed by atoms with Gasteiger partial charge in [0.2, 0.25) is 0 Å². The third-order valence-corrected chi connectivity index (χ3v) is 4.42. The van der Waals surface area contributed by atoms with Crippen LogP contribution in [0.4, 0.5) is 0 Å². The monoisotopic (exact) mass is 308 g/mol. The number of thioether (sulfide) groups is 1. The molecule has 0 amide bonds. The van der Waals surface area contributed by atoms with Crippen molar-refractivity contribution in [2.45, 2.75) is 39.3 Å². The highest BCUT2D eigenvalue weighted by Crippen LogP contribution is 2.19. The molecule has 2 rings (SSSR count). The molecule has 0 bridgehead atoms. The topological polar surface area (TPSA) is 62.5 Å². The van der Waals surface area contributed by atoms with Crippen molar-refractivity contribution in [1.29, 1.82) is 0 Å². The van der Waals surface area contributed by atoms with Crippen LogP contribution in [0.1, 0.15) is 36.3 Å². The number of nitrogens with one attached hydrogen (secondary N) is 1. The zero-order chi connectivity index (χ0) is 15.4. The third-order valence-electron chi connectivity index (χ3n) is 3.68. The maximum atomic E-state index is 9.17. The van der Waals surface area contributed by atoms with Crippen LogP contribution in [0, 0.1) is 13.8 Å². The van der Waals surface area contributed by atoms with Crippen LogP contribution < -0.4 is 5.32 Å². The van der Waals surface area contributed by atoms with Gasteiger partial charge < -0.3 is 10.4 Å². The van der Waals surface area contributed by atoms with Gasteiger partial charge in [0, 0.05) is 48.0 Å². The van der Waals surface area contributed by atoms with Gasteiger partial charge in [-0.2, -0.15) is 16.9 Å². The lowest BCUT2D eigenvalue weighted by molar-refractivity contribution is 0.265. The van der Waals surface area contributed by atoms with E-state index in [1.165, 1.54) is 0 Å². The maximum Gasteiger partial charge on any atom is 0.155 e. The summed E-state index contributed by atoms with van der Waals surface area (Å²) in [7, 11) is 0. The van der Waals surface area contributed by atoms with E-state index in [2.05, 4.69) is 35.5 Å². The Labute approximate surface area is 130 Å². The van der Waals surface area contributed by atoms with Crippen molar-refractivity contribution in [3.05, 3.63) is 29.2 Å². The molecule has 2 unspecified atom stereocenters. The van der Waals surface area contributed by atoms with Gasteiger partial charge in [-0.3, -0.25) is 0 Å². The van der Waals surface area contributed by atoms with Gasteiger partial charge in [-0.15, -0.1) is 0 Å². The molecule has 2 aromatic heterocycles. The van der Waals surface area contributed by atoms with Gasteiger partial charge in [0.25, 0.3) is 0 Å². The summed E-state index contributed by atoms with van der Waals surface area (Å²) in [5.41, 5.74) is 4.12. The molecule has 5 nitrogen and oxygen atoms in total. The molecule has 116 valence electrons. The molecule has 2 N–H and O–H groups in total. The first kappa shape index (κ1) is 16.3. The first-order valence-corrected chi connectivity index (χ1v) is 8.64. The van der Waals surface area contributed by atoms with Crippen molar-refractivity contribution in [3.8, 4) is 0 Å². The molecule has 21 heavy (non-hydrogen) atoms. The summed E-state index contributed by atoms with van der Waals surface area (Å²) in [5.74, 6) is 0.987. The van der Waals surface area contributed by atoms with Crippen molar-refractivity contribution in [1.82, 2.24) is 19.9 Å². The summed E-state index contributed by atoms with van der Waals surface area (Å²) in [6, 6.07) is 2.46. The van der Waals surface area contributed by atoms with Crippen LogP contribution in [0.3, 0.4) is 0 Å². The minimum Gasteiger partial charge on any atom is -0.396 e. The SMILES string of the molecule is CSCC(CCO)NC(C)c1cnc2cc(C)nn2c1C. The Morgan fingerprint density at radius 2 is 2.19 bits per heavy atom. The molecule has 0 saturated carbocycles. The van der Waals surface area contributed by atoms with E-state index in [1.54, 1.807) is 11.8 Å². The van der Waals surface area contributed by atoms with Gasteiger partial charge in [0.15, 0.2) is 5.65 Å². The summed E-state index contributed by atoms with van der Waals surface area (Å²) < 4.78 is 1.90. The molecule has 0 fully saturated rings. The van der Waals surface area contributed by atoms with Crippen LogP contribution in [-0.2, 0) is 0 Å². The average molecular weight is 308 g/mol. The number of aryl methyl sites for hydroxylation is 2. The number of aliphatic hydroxyl groups excluding tert-OH is 1. The van der Waals surface area contributed by atoms with Crippen molar-refractivity contribution in [2.24, 2.45) is 0 Å². The van der Waals surface area contributed by atoms with Crippen LogP contribution in [0.15, 0.2) is 12.3 Å². The van der Waals surface area contributed by atoms with E-state index < -0.39 is 0 Å². The largest absolute Gasteiger partial charge is 0.396 e. The highest BCUT2D eigenvalue weighted by atomic mass is 32.2. The quantitative estimate of drug-likeness (QED) is 0.820. The lowest BCUT2D eigenvalue weighted by atomic mass is 10.1. The lowest BCUT2D eigenvalue weighted by Crippen LogP contribution is -2.35. The second-order valence-corrected chi connectivity index (χ2v) is 6.32. The Bertz CT molecular complexity index is 593. The van der Waals surface area contributed by atoms with Gasteiger partial charge in [0.05, 0.1) is 5.69 Å². The fourth-order valence-corrected chi connectivity index (χ4v) is 3.28. The third kappa shape index (κ3) is 3.75. The predicted octanol–water partition coefficient (Wildman–Crippen LogP) is 2.11. The minimum atomic E-state index is 0.176. The van der Waals surface area contributed by atoms with E-state index in [0.29, 0.717) is 6.04 Å². The Kier molecular flexibility index (Phi) is 5.61. The number of fused-ring (bicyclic) bond motifs is 1. The van der Waals surface area contributed by atoms with Crippen LogP contribution in [0.2, 0.25) is 0 Å². The Morgan fingerprint density at radius 1 is 1.43 bits per heavy atom. The summed E-state index contributed by atoms with van der Waals surface area (Å²) in [5, 5.41) is 17.2. The van der Waals surface area contributed by atoms with Gasteiger partial charge in [-0.1, -0.05) is 0 Å². The second kappa shape index (κ2) is 7.24. The molecule has 0 saturated heterocycles. The number of aliphatic hydroxyl groups is 1. The first-order chi connectivity index (χ1) is 10.1. The number of hydrogen-bond donors (Lipinski definition) is 2. The van der Waals surface area contributed by atoms with Crippen molar-refractivity contribution >= 4 is 17.4 Å². The fraction of sp³-hybridized carbons (Fsp3) is 0.600. The molecule has 6 heteroatoms. The summed E-state index contributed by atoms with van der Waals surface area (Å²) in [6.07, 6.45) is 4.78. The Morgan fingerprint density at radius 3 is 2.86 bits per heavy atom. The molecule has 0 aromatic carbocycles. The Hall–Kier alpha value is -1.11. The highest BCUT2D eigenvalue weighted by molar-refractivity contribution is 7.98. The standard InChI is InChI=1S/C15H24N4OS/c1-10-7-15-16-8-14(12(3)19(15)18-10)11(2)17-13(5-6-20)9-21-4/h7-8,11,13,17,20H,5-6,9H2,1-4H3. The molecule has 2 aromatic rings. The van der Waals surface area contributed by atoms with Crippen LogP contribution in [0.25, 0.3) is 5.65 Å². The zero-order valence-electron chi connectivity index (χ0n) is 13.1. The smallest absolute Gasteiger partial charge is 0.155 e. The van der Waals surface area contributed by atoms with Crippen LogP contribution in [-0.4, -0.2) is 44.4 Å². The molecule has 0 aliphatic carbocycles. The van der Waals surface area contributed by atoms with Crippen molar-refractivity contribution in [2.75, 3.05) is 18.6 Å². The average Bonchev–Trinajstić information content (AvgIpc) is 2.81. The fourth-order valence-electron chi connectivity index (χ4n) is 2.62. The van der Waals surface area contributed by atoms with Crippen molar-refractivity contribution < 1.29 is 5.11 Å². The molecule has 2 heterocycles. The van der Waals surface area contributed by atoms with Gasteiger partial charge in [0.1, 0.15) is 0 Å². The lowest BCUT2D eigenvalue weighted by Gasteiger charge is -2.23. The van der Waals surface area contributed by atoms with Gasteiger partial charge in [-0.05, 0) is 33.4 Å². The van der Waals surface area contributed by atoms with E-state index in [-0.39, 0.29) is 12.6 Å². The number of nitrogens with zero attached hydrogens (tertiary/aromatic N) is 3. The summed E-state index contributed by atoms with van der Waals surface area (Å²) in [4.78, 5) is 4.49. The van der Waals surface area contributed by atoms with Gasteiger partial charge >= 0.3 is 0 Å². The number of hydrogen-bond acceptors (Lipinski definition) is 5. The highest BCUT2D eigenvalue weighted by Gasteiger charge is 2.16. The number of aromatic nitrogens is 3. The zero-order valence-corrected chi connectivity index (χ0v) is 13.9. The molecular weight excluding hydrogens is 284 g/mol. The molecular formula is C15H24N4OS. The second-order valence-electron chi connectivity index (χ2n) is 5.41. The van der Waals surface area contributed by atoms with Gasteiger partial charge in [-0.25, -0.2) is 9.50 Å². The summed E-state index contributed by atoms with van der Waals surface area (Å²) in [6.45, 7) is 6.39. The minimum absolute atomic E-state index is 0.176. The summed E-state index contributed by atoms with van der Waals surface area (Å²) >= 11 is 1.79. The van der Waals surface area contributed by atoms with E-state index >= 15 is 0 Å². The van der Waals surface area contributed by atoms with Crippen LogP contribution >= 0.6 is 11.8 Å². The molecule has 0 radical (unpaired) electrons. The maximum absolute atomic E-state index is 9.17. The van der Waals surface area contributed by atoms with Crippen molar-refractivity contribution in [3.63, 3.8) is 0 Å². The molecule has 0 spiro atoms. The van der Waals surface area contributed by atoms with E-state index in [4.69, 9.17) is 5.11 Å².